The summed E-state index contributed by atoms with van der Waals surface area (Å²) in [7, 11) is 0. The van der Waals surface area contributed by atoms with Gasteiger partial charge in [-0.1, -0.05) is 15.9 Å². The molecule has 1 aliphatic heterocycles. The fourth-order valence-corrected chi connectivity index (χ4v) is 2.28. The van der Waals surface area contributed by atoms with Gasteiger partial charge in [0.05, 0.1) is 13.2 Å². The molecule has 2 rings (SSSR count). The molecule has 0 amide bonds. The number of hydrogen-bond acceptors (Lipinski definition) is 2. The number of ether oxygens (including phenoxy) is 1. The molecule has 1 aromatic rings. The van der Waals surface area contributed by atoms with Gasteiger partial charge < -0.3 is 10.1 Å². The molecular formula is C12H15BrFNO. The van der Waals surface area contributed by atoms with Gasteiger partial charge in [-0.05, 0) is 36.6 Å². The molecule has 1 atom stereocenters. The first-order valence-electron chi connectivity index (χ1n) is 5.51. The van der Waals surface area contributed by atoms with E-state index in [1.54, 1.807) is 6.07 Å². The van der Waals surface area contributed by atoms with Crippen molar-refractivity contribution in [2.45, 2.75) is 18.9 Å². The summed E-state index contributed by atoms with van der Waals surface area (Å²) >= 11 is 3.36. The lowest BCUT2D eigenvalue weighted by atomic mass is 10.0. The van der Waals surface area contributed by atoms with E-state index in [2.05, 4.69) is 21.2 Å². The largest absolute Gasteiger partial charge is 0.379 e. The number of rotatable bonds is 3. The van der Waals surface area contributed by atoms with Gasteiger partial charge in [-0.2, -0.15) is 0 Å². The zero-order chi connectivity index (χ0) is 11.4. The Morgan fingerprint density at radius 1 is 1.50 bits per heavy atom. The van der Waals surface area contributed by atoms with Crippen molar-refractivity contribution in [2.24, 2.45) is 0 Å². The van der Waals surface area contributed by atoms with Crippen molar-refractivity contribution in [3.63, 3.8) is 0 Å². The van der Waals surface area contributed by atoms with E-state index in [1.807, 2.05) is 6.07 Å². The molecule has 0 bridgehead atoms. The second-order valence-electron chi connectivity index (χ2n) is 4.00. The van der Waals surface area contributed by atoms with Crippen LogP contribution in [0.1, 0.15) is 12.0 Å². The van der Waals surface area contributed by atoms with Crippen LogP contribution in [-0.4, -0.2) is 25.8 Å². The van der Waals surface area contributed by atoms with E-state index in [0.29, 0.717) is 6.04 Å². The average Bonchev–Trinajstić information content (AvgIpc) is 2.32. The van der Waals surface area contributed by atoms with Crippen LogP contribution in [0.5, 0.6) is 0 Å². The molecule has 1 fully saturated rings. The monoisotopic (exact) mass is 287 g/mol. The summed E-state index contributed by atoms with van der Waals surface area (Å²) in [6, 6.07) is 5.43. The highest BCUT2D eigenvalue weighted by Crippen LogP contribution is 2.17. The van der Waals surface area contributed by atoms with Crippen LogP contribution >= 0.6 is 15.9 Å². The van der Waals surface area contributed by atoms with Crippen molar-refractivity contribution in [3.05, 3.63) is 34.1 Å². The zero-order valence-electron chi connectivity index (χ0n) is 9.01. The average molecular weight is 288 g/mol. The van der Waals surface area contributed by atoms with E-state index >= 15 is 0 Å². The molecule has 1 saturated heterocycles. The van der Waals surface area contributed by atoms with Gasteiger partial charge in [-0.3, -0.25) is 0 Å². The molecule has 0 saturated carbocycles. The predicted octanol–water partition coefficient (Wildman–Crippen LogP) is 2.51. The van der Waals surface area contributed by atoms with E-state index in [-0.39, 0.29) is 5.82 Å². The van der Waals surface area contributed by atoms with E-state index in [4.69, 9.17) is 4.74 Å². The third kappa shape index (κ3) is 3.27. The summed E-state index contributed by atoms with van der Waals surface area (Å²) < 4.78 is 19.7. The van der Waals surface area contributed by atoms with Crippen LogP contribution in [0.25, 0.3) is 0 Å². The maximum Gasteiger partial charge on any atom is 0.126 e. The Bertz CT molecular complexity index is 353. The van der Waals surface area contributed by atoms with Crippen LogP contribution < -0.4 is 5.32 Å². The van der Waals surface area contributed by atoms with Gasteiger partial charge >= 0.3 is 0 Å². The molecule has 1 unspecified atom stereocenters. The van der Waals surface area contributed by atoms with Gasteiger partial charge in [0.2, 0.25) is 0 Å². The van der Waals surface area contributed by atoms with Gasteiger partial charge in [0.25, 0.3) is 0 Å². The smallest absolute Gasteiger partial charge is 0.126 e. The third-order valence-corrected chi connectivity index (χ3v) is 3.26. The highest BCUT2D eigenvalue weighted by molar-refractivity contribution is 9.10. The van der Waals surface area contributed by atoms with Crippen LogP contribution in [0.15, 0.2) is 22.7 Å². The highest BCUT2D eigenvalue weighted by atomic mass is 79.9. The molecule has 0 radical (unpaired) electrons. The minimum absolute atomic E-state index is 0.125. The molecule has 1 aromatic carbocycles. The number of nitrogens with one attached hydrogen (secondary N) is 1. The van der Waals surface area contributed by atoms with E-state index in [0.717, 1.165) is 42.6 Å². The van der Waals surface area contributed by atoms with Crippen molar-refractivity contribution >= 4 is 15.9 Å². The molecule has 1 N–H and O–H groups in total. The second-order valence-corrected chi connectivity index (χ2v) is 4.92. The number of aryl methyl sites for hydroxylation is 1. The maximum absolute atomic E-state index is 13.5. The maximum atomic E-state index is 13.5. The Hall–Kier alpha value is -0.450. The fourth-order valence-electron chi connectivity index (χ4n) is 1.87. The molecule has 4 heteroatoms. The quantitative estimate of drug-likeness (QED) is 0.922. The summed E-state index contributed by atoms with van der Waals surface area (Å²) in [5, 5.41) is 3.36. The first-order valence-corrected chi connectivity index (χ1v) is 6.30. The van der Waals surface area contributed by atoms with Crippen molar-refractivity contribution < 1.29 is 9.13 Å². The lowest BCUT2D eigenvalue weighted by Crippen LogP contribution is -2.41. The molecule has 0 aromatic heterocycles. The molecule has 88 valence electrons. The van der Waals surface area contributed by atoms with Crippen LogP contribution in [0.3, 0.4) is 0 Å². The number of hydrogen-bond donors (Lipinski definition) is 1. The Labute approximate surface area is 103 Å². The fraction of sp³-hybridized carbons (Fsp3) is 0.500. The van der Waals surface area contributed by atoms with E-state index < -0.39 is 0 Å². The minimum atomic E-state index is -0.125. The van der Waals surface area contributed by atoms with Crippen molar-refractivity contribution in [2.75, 3.05) is 19.8 Å². The van der Waals surface area contributed by atoms with E-state index in [1.165, 1.54) is 6.07 Å². The first-order chi connectivity index (χ1) is 7.75. The molecule has 0 aliphatic carbocycles. The summed E-state index contributed by atoms with van der Waals surface area (Å²) in [5.74, 6) is -0.125. The molecule has 1 heterocycles. The molecule has 0 spiro atoms. The molecule has 2 nitrogen and oxygen atoms in total. The first kappa shape index (κ1) is 12.0. The molecule has 16 heavy (non-hydrogen) atoms. The van der Waals surface area contributed by atoms with Crippen LogP contribution in [0.2, 0.25) is 0 Å². The van der Waals surface area contributed by atoms with Crippen molar-refractivity contribution in [3.8, 4) is 0 Å². The summed E-state index contributed by atoms with van der Waals surface area (Å²) in [6.07, 6.45) is 1.65. The van der Waals surface area contributed by atoms with Gasteiger partial charge in [0.15, 0.2) is 0 Å². The predicted molar refractivity (Wildman–Crippen MR) is 65.0 cm³/mol. The Morgan fingerprint density at radius 3 is 3.12 bits per heavy atom. The number of halogens is 2. The SMILES string of the molecule is Fc1ccc(Br)cc1CCC1COCCN1. The number of morpholine rings is 1. The van der Waals surface area contributed by atoms with Crippen LogP contribution in [-0.2, 0) is 11.2 Å². The lowest BCUT2D eigenvalue weighted by molar-refractivity contribution is 0.0743. The van der Waals surface area contributed by atoms with Crippen LogP contribution in [0, 0.1) is 5.82 Å². The Kier molecular flexibility index (Phi) is 4.32. The van der Waals surface area contributed by atoms with Crippen molar-refractivity contribution in [1.29, 1.82) is 0 Å². The standard InChI is InChI=1S/C12H15BrFNO/c13-10-2-4-12(14)9(7-10)1-3-11-8-16-6-5-15-11/h2,4,7,11,15H,1,3,5-6,8H2. The van der Waals surface area contributed by atoms with E-state index in [9.17, 15) is 4.39 Å². The zero-order valence-corrected chi connectivity index (χ0v) is 10.6. The lowest BCUT2D eigenvalue weighted by Gasteiger charge is -2.23. The van der Waals surface area contributed by atoms with Gasteiger partial charge in [-0.25, -0.2) is 4.39 Å². The summed E-state index contributed by atoms with van der Waals surface area (Å²) in [5.41, 5.74) is 0.766. The van der Waals surface area contributed by atoms with Gasteiger partial charge in [0, 0.05) is 17.1 Å². The summed E-state index contributed by atoms with van der Waals surface area (Å²) in [4.78, 5) is 0. The normalized spacial score (nSPS) is 21.0. The number of benzene rings is 1. The Balaban J connectivity index is 1.90. The topological polar surface area (TPSA) is 21.3 Å². The van der Waals surface area contributed by atoms with Crippen molar-refractivity contribution in [1.82, 2.24) is 5.32 Å². The molecule has 1 aliphatic rings. The summed E-state index contributed by atoms with van der Waals surface area (Å²) in [6.45, 7) is 2.41. The minimum Gasteiger partial charge on any atom is -0.379 e. The van der Waals surface area contributed by atoms with Gasteiger partial charge in [-0.15, -0.1) is 0 Å². The van der Waals surface area contributed by atoms with Gasteiger partial charge in [0.1, 0.15) is 5.82 Å². The third-order valence-electron chi connectivity index (χ3n) is 2.77. The Morgan fingerprint density at radius 2 is 2.38 bits per heavy atom. The molecular weight excluding hydrogens is 273 g/mol. The highest BCUT2D eigenvalue weighted by Gasteiger charge is 2.13. The second kappa shape index (κ2) is 5.75. The van der Waals surface area contributed by atoms with Crippen LogP contribution in [0.4, 0.5) is 4.39 Å².